The monoisotopic (exact) mass is 247 g/mol. The highest BCUT2D eigenvalue weighted by Crippen LogP contribution is 2.43. The van der Waals surface area contributed by atoms with Crippen LogP contribution in [0.3, 0.4) is 0 Å². The van der Waals surface area contributed by atoms with Crippen LogP contribution in [0.2, 0.25) is 0 Å². The highest BCUT2D eigenvalue weighted by molar-refractivity contribution is 8.29. The van der Waals surface area contributed by atoms with Gasteiger partial charge in [-0.05, 0) is 18.6 Å². The lowest BCUT2D eigenvalue weighted by molar-refractivity contribution is -0.112. The van der Waals surface area contributed by atoms with Gasteiger partial charge in [-0.15, -0.1) is 10.5 Å². The zero-order valence-corrected chi connectivity index (χ0v) is 11.1. The maximum Gasteiger partial charge on any atom is 0.161 e. The van der Waals surface area contributed by atoms with E-state index in [-0.39, 0.29) is 16.3 Å². The van der Waals surface area contributed by atoms with Crippen molar-refractivity contribution in [2.45, 2.75) is 38.0 Å². The van der Waals surface area contributed by atoms with Gasteiger partial charge in [0.15, 0.2) is 5.78 Å². The minimum atomic E-state index is -0.194. The van der Waals surface area contributed by atoms with E-state index >= 15 is 0 Å². The first-order chi connectivity index (χ1) is 8.26. The van der Waals surface area contributed by atoms with E-state index in [1.807, 2.05) is 30.5 Å². The lowest BCUT2D eigenvalue weighted by Gasteiger charge is -2.04. The molecule has 0 amide bonds. The molecule has 17 heavy (non-hydrogen) atoms. The molecular formula is C14H17NOS. The molecule has 0 N–H and O–H groups in total. The molecule has 2 nitrogen and oxygen atoms in total. The van der Waals surface area contributed by atoms with Gasteiger partial charge in [0.05, 0.1) is 10.7 Å². The lowest BCUT2D eigenvalue weighted by Crippen LogP contribution is -2.00. The van der Waals surface area contributed by atoms with Gasteiger partial charge in [-0.1, -0.05) is 32.4 Å². The average Bonchev–Trinajstić information content (AvgIpc) is 2.68. The van der Waals surface area contributed by atoms with Crippen molar-refractivity contribution < 1.29 is 4.79 Å². The van der Waals surface area contributed by atoms with Gasteiger partial charge in [0.2, 0.25) is 0 Å². The van der Waals surface area contributed by atoms with E-state index in [1.165, 1.54) is 4.90 Å². The van der Waals surface area contributed by atoms with E-state index in [4.69, 9.17) is 0 Å². The van der Waals surface area contributed by atoms with Crippen LogP contribution in [0.15, 0.2) is 34.2 Å². The lowest BCUT2D eigenvalue weighted by atomic mass is 10.3. The van der Waals surface area contributed by atoms with Crippen molar-refractivity contribution in [3.63, 3.8) is 0 Å². The topological polar surface area (TPSA) is 29.4 Å². The van der Waals surface area contributed by atoms with E-state index in [1.54, 1.807) is 0 Å². The molecule has 0 spiro atoms. The van der Waals surface area contributed by atoms with Crippen LogP contribution >= 0.6 is 10.5 Å². The van der Waals surface area contributed by atoms with Gasteiger partial charge in [-0.25, -0.2) is 4.99 Å². The van der Waals surface area contributed by atoms with Crippen LogP contribution in [0.1, 0.15) is 33.1 Å². The SMILES string of the molecule is CCCC1=Nc2ccccc2S1=CC(=O)CC. The standard InChI is InChI=1S/C14H17NOS/c1-3-7-14-15-12-8-5-6-9-13(12)17(14)10-11(16)4-2/h5-6,8-10H,3-4,7H2,1-2H3. The third kappa shape index (κ3) is 2.55. The minimum absolute atomic E-state index is 0.194. The molecule has 1 aliphatic rings. The van der Waals surface area contributed by atoms with Gasteiger partial charge in [-0.3, -0.25) is 4.79 Å². The van der Waals surface area contributed by atoms with E-state index in [9.17, 15) is 4.79 Å². The van der Waals surface area contributed by atoms with Crippen LogP contribution in [0.4, 0.5) is 5.69 Å². The van der Waals surface area contributed by atoms with Gasteiger partial charge in [0.1, 0.15) is 0 Å². The number of benzene rings is 1. The molecule has 90 valence electrons. The van der Waals surface area contributed by atoms with Crippen molar-refractivity contribution in [2.24, 2.45) is 4.99 Å². The second kappa shape index (κ2) is 5.41. The fraction of sp³-hybridized carbons (Fsp3) is 0.357. The number of hydrogen-bond donors (Lipinski definition) is 0. The Hall–Kier alpha value is -1.22. The summed E-state index contributed by atoms with van der Waals surface area (Å²) in [4.78, 5) is 17.5. The quantitative estimate of drug-likeness (QED) is 0.741. The predicted molar refractivity (Wildman–Crippen MR) is 75.7 cm³/mol. The number of carbonyl (C=O) groups excluding carboxylic acids is 1. The van der Waals surface area contributed by atoms with Crippen molar-refractivity contribution >= 4 is 32.4 Å². The summed E-state index contributed by atoms with van der Waals surface area (Å²) in [5.74, 6) is 0.217. The molecule has 1 heterocycles. The number of Topliss-reactive ketones (excluding diaryl/α,β-unsaturated/α-hetero) is 1. The molecule has 0 radical (unpaired) electrons. The van der Waals surface area contributed by atoms with E-state index in [0.29, 0.717) is 6.42 Å². The van der Waals surface area contributed by atoms with E-state index in [2.05, 4.69) is 18.0 Å². The van der Waals surface area contributed by atoms with Crippen molar-refractivity contribution in [3.8, 4) is 0 Å². The third-order valence-electron chi connectivity index (χ3n) is 2.66. The Labute approximate surface area is 105 Å². The highest BCUT2D eigenvalue weighted by atomic mass is 32.2. The Morgan fingerprint density at radius 2 is 2.12 bits per heavy atom. The second-order valence-corrected chi connectivity index (χ2v) is 5.82. The number of rotatable bonds is 4. The van der Waals surface area contributed by atoms with Crippen molar-refractivity contribution in [1.82, 2.24) is 0 Å². The van der Waals surface area contributed by atoms with Gasteiger partial charge in [0.25, 0.3) is 0 Å². The first-order valence-electron chi connectivity index (χ1n) is 6.03. The second-order valence-electron chi connectivity index (χ2n) is 4.00. The van der Waals surface area contributed by atoms with Gasteiger partial charge >= 0.3 is 0 Å². The van der Waals surface area contributed by atoms with Crippen LogP contribution < -0.4 is 0 Å². The Kier molecular flexibility index (Phi) is 3.89. The number of para-hydroxylation sites is 1. The zero-order valence-electron chi connectivity index (χ0n) is 10.3. The molecule has 0 bridgehead atoms. The smallest absolute Gasteiger partial charge is 0.161 e. The van der Waals surface area contributed by atoms with Crippen LogP contribution in [-0.4, -0.2) is 16.2 Å². The predicted octanol–water partition coefficient (Wildman–Crippen LogP) is 3.94. The summed E-state index contributed by atoms with van der Waals surface area (Å²) >= 11 is 0. The molecule has 1 atom stereocenters. The molecule has 2 rings (SSSR count). The molecular weight excluding hydrogens is 230 g/mol. The number of carbonyl (C=O) groups is 1. The largest absolute Gasteiger partial charge is 0.294 e. The molecule has 0 saturated carbocycles. The molecule has 3 heteroatoms. The maximum atomic E-state index is 11.6. The summed E-state index contributed by atoms with van der Waals surface area (Å²) in [5, 5.41) is 3.02. The first kappa shape index (κ1) is 12.2. The third-order valence-corrected chi connectivity index (χ3v) is 4.78. The Morgan fingerprint density at radius 3 is 2.82 bits per heavy atom. The van der Waals surface area contributed by atoms with Crippen LogP contribution in [-0.2, 0) is 4.79 Å². The number of fused-ring (bicyclic) bond motifs is 1. The summed E-state index contributed by atoms with van der Waals surface area (Å²) in [6, 6.07) is 8.14. The molecule has 0 fully saturated rings. The normalized spacial score (nSPS) is 18.0. The number of ketones is 1. The van der Waals surface area contributed by atoms with Crippen molar-refractivity contribution in [1.29, 1.82) is 0 Å². The van der Waals surface area contributed by atoms with Crippen LogP contribution in [0.5, 0.6) is 0 Å². The first-order valence-corrected chi connectivity index (χ1v) is 7.32. The number of hydrogen-bond acceptors (Lipinski definition) is 2. The molecule has 0 saturated heterocycles. The van der Waals surface area contributed by atoms with Gasteiger partial charge in [-0.2, -0.15) is 0 Å². The molecule has 1 aromatic carbocycles. The zero-order chi connectivity index (χ0) is 12.3. The molecule has 0 aromatic heterocycles. The molecule has 1 aromatic rings. The Bertz CT molecular complexity index is 503. The van der Waals surface area contributed by atoms with Crippen LogP contribution in [0, 0.1) is 0 Å². The maximum absolute atomic E-state index is 11.6. The summed E-state index contributed by atoms with van der Waals surface area (Å²) in [5.41, 5.74) is 1.04. The number of nitrogens with zero attached hydrogens (tertiary/aromatic N) is 1. The Balaban J connectivity index is 2.44. The molecule has 0 aliphatic carbocycles. The van der Waals surface area contributed by atoms with E-state index in [0.717, 1.165) is 23.6 Å². The summed E-state index contributed by atoms with van der Waals surface area (Å²) in [6.07, 6.45) is 2.63. The highest BCUT2D eigenvalue weighted by Gasteiger charge is 2.18. The molecule has 1 unspecified atom stereocenters. The fourth-order valence-corrected chi connectivity index (χ4v) is 3.90. The average molecular weight is 247 g/mol. The van der Waals surface area contributed by atoms with Gasteiger partial charge < -0.3 is 0 Å². The van der Waals surface area contributed by atoms with Crippen molar-refractivity contribution in [2.75, 3.05) is 0 Å². The van der Waals surface area contributed by atoms with Crippen molar-refractivity contribution in [3.05, 3.63) is 24.3 Å². The van der Waals surface area contributed by atoms with E-state index < -0.39 is 0 Å². The van der Waals surface area contributed by atoms with Gasteiger partial charge in [0, 0.05) is 16.7 Å². The Morgan fingerprint density at radius 1 is 1.35 bits per heavy atom. The summed E-state index contributed by atoms with van der Waals surface area (Å²) in [6.45, 7) is 4.05. The fourth-order valence-electron chi connectivity index (χ4n) is 1.77. The van der Waals surface area contributed by atoms with Crippen LogP contribution in [0.25, 0.3) is 0 Å². The minimum Gasteiger partial charge on any atom is -0.294 e. The summed E-state index contributed by atoms with van der Waals surface area (Å²) in [7, 11) is -0.194. The molecule has 1 aliphatic heterocycles. The number of aliphatic imine (C=N–C) groups is 1. The summed E-state index contributed by atoms with van der Waals surface area (Å²) < 4.78 is 0.